The van der Waals surface area contributed by atoms with Gasteiger partial charge in [-0.25, -0.2) is 0 Å². The Morgan fingerprint density at radius 1 is 1.33 bits per heavy atom. The van der Waals surface area contributed by atoms with Crippen LogP contribution < -0.4 is 0 Å². The summed E-state index contributed by atoms with van der Waals surface area (Å²) in [7, 11) is 0. The van der Waals surface area contributed by atoms with Gasteiger partial charge in [0.2, 0.25) is 12.3 Å². The summed E-state index contributed by atoms with van der Waals surface area (Å²) in [6, 6.07) is 7.13. The summed E-state index contributed by atoms with van der Waals surface area (Å²) in [6.07, 6.45) is 1.28. The number of aromatic nitrogens is 2. The van der Waals surface area contributed by atoms with Gasteiger partial charge in [0, 0.05) is 11.1 Å². The molecule has 5 heteroatoms. The van der Waals surface area contributed by atoms with E-state index in [1.807, 2.05) is 22.6 Å². The quantitative estimate of drug-likeness (QED) is 0.496. The van der Waals surface area contributed by atoms with E-state index >= 15 is 0 Å². The average Bonchev–Trinajstić information content (AvgIpc) is 2.82. The van der Waals surface area contributed by atoms with Crippen molar-refractivity contribution in [2.24, 2.45) is 0 Å². The van der Waals surface area contributed by atoms with Crippen LogP contribution in [0.15, 0.2) is 35.1 Å². The highest BCUT2D eigenvalue weighted by Gasteiger charge is 2.06. The van der Waals surface area contributed by atoms with Crippen molar-refractivity contribution in [1.29, 1.82) is 0 Å². The van der Waals surface area contributed by atoms with Crippen molar-refractivity contribution < 1.29 is 9.21 Å². The van der Waals surface area contributed by atoms with E-state index in [0.29, 0.717) is 15.9 Å². The first-order valence-electron chi connectivity index (χ1n) is 4.27. The second-order valence-electron chi connectivity index (χ2n) is 2.88. The second-order valence-corrected chi connectivity index (χ2v) is 3.64. The topological polar surface area (TPSA) is 56.0 Å². The van der Waals surface area contributed by atoms with Crippen LogP contribution in [0.4, 0.5) is 0 Å². The minimum absolute atomic E-state index is 0.118. The minimum Gasteiger partial charge on any atom is -0.423 e. The summed E-state index contributed by atoms with van der Waals surface area (Å²) in [4.78, 5) is 11.4. The Kier molecular flexibility index (Phi) is 3.10. The zero-order valence-corrected chi connectivity index (χ0v) is 9.84. The Bertz CT molecular complexity index is 451. The van der Waals surface area contributed by atoms with E-state index in [1.165, 1.54) is 6.39 Å². The van der Waals surface area contributed by atoms with Crippen LogP contribution in [0.5, 0.6) is 0 Å². The van der Waals surface area contributed by atoms with Crippen molar-refractivity contribution in [3.63, 3.8) is 0 Å². The number of halogens is 1. The number of carbonyl (C=O) groups excluding carboxylic acids is 1. The van der Waals surface area contributed by atoms with E-state index in [9.17, 15) is 4.79 Å². The monoisotopic (exact) mass is 314 g/mol. The van der Waals surface area contributed by atoms with E-state index in [0.717, 1.165) is 5.56 Å². The molecule has 0 bridgehead atoms. The first-order valence-corrected chi connectivity index (χ1v) is 5.79. The van der Waals surface area contributed by atoms with E-state index in [-0.39, 0.29) is 5.78 Å². The lowest BCUT2D eigenvalue weighted by atomic mass is 10.1. The molecule has 0 unspecified atom stereocenters. The fourth-order valence-corrected chi connectivity index (χ4v) is 1.62. The lowest BCUT2D eigenvalue weighted by Crippen LogP contribution is -1.98. The minimum atomic E-state index is 0.118. The Morgan fingerprint density at radius 3 is 2.60 bits per heavy atom. The van der Waals surface area contributed by atoms with Crippen LogP contribution in [0.2, 0.25) is 0 Å². The fourth-order valence-electron chi connectivity index (χ4n) is 1.17. The number of carbonyl (C=O) groups is 1. The summed E-state index contributed by atoms with van der Waals surface area (Å²) in [5.41, 5.74) is 1.52. The molecular weight excluding hydrogens is 307 g/mol. The van der Waals surface area contributed by atoms with Gasteiger partial charge >= 0.3 is 0 Å². The molecule has 0 spiro atoms. The Morgan fingerprint density at radius 2 is 2.07 bits per heavy atom. The van der Waals surface area contributed by atoms with Crippen molar-refractivity contribution in [2.75, 3.05) is 4.43 Å². The molecule has 0 aliphatic carbocycles. The number of hydrogen-bond donors (Lipinski definition) is 0. The Balaban J connectivity index is 2.29. The third-order valence-corrected chi connectivity index (χ3v) is 2.63. The molecule has 0 aliphatic heterocycles. The van der Waals surface area contributed by atoms with Gasteiger partial charge in [0.25, 0.3) is 0 Å². The maximum Gasteiger partial charge on any atom is 0.247 e. The molecule has 0 saturated heterocycles. The van der Waals surface area contributed by atoms with Gasteiger partial charge in [0.1, 0.15) is 0 Å². The molecule has 0 radical (unpaired) electrons. The maximum atomic E-state index is 11.4. The lowest BCUT2D eigenvalue weighted by Gasteiger charge is -1.98. The number of hydrogen-bond acceptors (Lipinski definition) is 4. The number of benzene rings is 1. The molecular formula is C10H7IN2O2. The summed E-state index contributed by atoms with van der Waals surface area (Å²) in [6.45, 7) is 0. The van der Waals surface area contributed by atoms with E-state index in [1.54, 1.807) is 24.3 Å². The molecule has 0 atom stereocenters. The third-order valence-electron chi connectivity index (χ3n) is 1.94. The van der Waals surface area contributed by atoms with Crippen molar-refractivity contribution in [1.82, 2.24) is 10.2 Å². The molecule has 0 N–H and O–H groups in total. The molecule has 1 aromatic carbocycles. The van der Waals surface area contributed by atoms with Gasteiger partial charge in [-0.15, -0.1) is 10.2 Å². The highest BCUT2D eigenvalue weighted by Crippen LogP contribution is 2.16. The largest absolute Gasteiger partial charge is 0.423 e. The fraction of sp³-hybridized carbons (Fsp3) is 0.100. The van der Waals surface area contributed by atoms with Crippen LogP contribution in [-0.4, -0.2) is 20.4 Å². The molecule has 0 aliphatic rings. The van der Waals surface area contributed by atoms with Crippen molar-refractivity contribution >= 4 is 28.4 Å². The molecule has 76 valence electrons. The van der Waals surface area contributed by atoms with E-state index in [4.69, 9.17) is 4.42 Å². The third kappa shape index (κ3) is 2.23. The van der Waals surface area contributed by atoms with E-state index < -0.39 is 0 Å². The van der Waals surface area contributed by atoms with Gasteiger partial charge in [0.15, 0.2) is 5.78 Å². The standard InChI is InChI=1S/C10H7IN2O2/c11-5-9(14)7-1-3-8(4-2-7)10-13-12-6-15-10/h1-4,6H,5H2. The summed E-state index contributed by atoms with van der Waals surface area (Å²) >= 11 is 2.05. The summed E-state index contributed by atoms with van der Waals surface area (Å²) in [5, 5.41) is 7.37. The highest BCUT2D eigenvalue weighted by atomic mass is 127. The smallest absolute Gasteiger partial charge is 0.247 e. The van der Waals surface area contributed by atoms with Crippen LogP contribution >= 0.6 is 22.6 Å². The number of Topliss-reactive ketones (excluding diaryl/α,β-unsaturated/α-hetero) is 1. The molecule has 2 rings (SSSR count). The van der Waals surface area contributed by atoms with Crippen LogP contribution in [-0.2, 0) is 0 Å². The number of alkyl halides is 1. The molecule has 2 aromatic rings. The summed E-state index contributed by atoms with van der Waals surface area (Å²) < 4.78 is 5.52. The molecule has 15 heavy (non-hydrogen) atoms. The molecule has 0 fully saturated rings. The van der Waals surface area contributed by atoms with Crippen LogP contribution in [0.25, 0.3) is 11.5 Å². The molecule has 1 aromatic heterocycles. The Hall–Kier alpha value is -1.24. The van der Waals surface area contributed by atoms with Crippen molar-refractivity contribution in [2.45, 2.75) is 0 Å². The maximum absolute atomic E-state index is 11.4. The zero-order chi connectivity index (χ0) is 10.7. The number of nitrogens with zero attached hydrogens (tertiary/aromatic N) is 2. The predicted octanol–water partition coefficient (Wildman–Crippen LogP) is 2.35. The molecule has 1 heterocycles. The Labute approximate surface area is 99.8 Å². The number of ketones is 1. The summed E-state index contributed by atoms with van der Waals surface area (Å²) in [5.74, 6) is 0.580. The molecule has 0 saturated carbocycles. The molecule has 0 amide bonds. The predicted molar refractivity (Wildman–Crippen MR) is 63.0 cm³/mol. The van der Waals surface area contributed by atoms with Crippen molar-refractivity contribution in [3.05, 3.63) is 36.2 Å². The van der Waals surface area contributed by atoms with Crippen LogP contribution in [0, 0.1) is 0 Å². The van der Waals surface area contributed by atoms with Gasteiger partial charge < -0.3 is 4.42 Å². The van der Waals surface area contributed by atoms with Gasteiger partial charge in [-0.3, -0.25) is 4.79 Å². The first kappa shape index (κ1) is 10.3. The van der Waals surface area contributed by atoms with Gasteiger partial charge in [-0.1, -0.05) is 34.7 Å². The first-order chi connectivity index (χ1) is 7.31. The van der Waals surface area contributed by atoms with Crippen molar-refractivity contribution in [3.8, 4) is 11.5 Å². The number of rotatable bonds is 3. The second kappa shape index (κ2) is 4.52. The van der Waals surface area contributed by atoms with Crippen LogP contribution in [0.1, 0.15) is 10.4 Å². The highest BCUT2D eigenvalue weighted by molar-refractivity contribution is 14.1. The molecule has 4 nitrogen and oxygen atoms in total. The zero-order valence-electron chi connectivity index (χ0n) is 7.68. The van der Waals surface area contributed by atoms with Gasteiger partial charge in [0.05, 0.1) is 4.43 Å². The van der Waals surface area contributed by atoms with Gasteiger partial charge in [-0.2, -0.15) is 0 Å². The van der Waals surface area contributed by atoms with E-state index in [2.05, 4.69) is 10.2 Å². The SMILES string of the molecule is O=C(CI)c1ccc(-c2nnco2)cc1. The normalized spacial score (nSPS) is 10.2. The van der Waals surface area contributed by atoms with Crippen LogP contribution in [0.3, 0.4) is 0 Å². The average molecular weight is 314 g/mol. The lowest BCUT2D eigenvalue weighted by molar-refractivity contribution is 0.102. The van der Waals surface area contributed by atoms with Gasteiger partial charge in [-0.05, 0) is 12.1 Å².